The fourth-order valence-corrected chi connectivity index (χ4v) is 2.74. The second-order valence-corrected chi connectivity index (χ2v) is 5.88. The van der Waals surface area contributed by atoms with E-state index in [1.165, 1.54) is 44.3 Å². The van der Waals surface area contributed by atoms with E-state index in [0.717, 1.165) is 0 Å². The smallest absolute Gasteiger partial charge is 0.337 e. The van der Waals surface area contributed by atoms with Gasteiger partial charge < -0.3 is 30.7 Å². The summed E-state index contributed by atoms with van der Waals surface area (Å²) in [5, 5.41) is 16.9. The van der Waals surface area contributed by atoms with Crippen LogP contribution in [-0.4, -0.2) is 74.6 Å². The lowest BCUT2D eigenvalue weighted by Crippen LogP contribution is -2.31. The van der Waals surface area contributed by atoms with Gasteiger partial charge in [-0.15, -0.1) is 0 Å². The van der Waals surface area contributed by atoms with E-state index in [9.17, 15) is 19.2 Å². The van der Waals surface area contributed by atoms with Gasteiger partial charge in [-0.05, 0) is 18.2 Å². The van der Waals surface area contributed by atoms with Crippen LogP contribution in [0.4, 0.5) is 5.69 Å². The van der Waals surface area contributed by atoms with Gasteiger partial charge in [0.25, 0.3) is 17.7 Å². The molecule has 1 heterocycles. The number of hydrogen-bond donors (Lipinski definition) is 4. The zero-order valence-corrected chi connectivity index (χ0v) is 15.8. The van der Waals surface area contributed by atoms with Crippen LogP contribution in [0.5, 0.6) is 0 Å². The Morgan fingerprint density at radius 2 is 1.68 bits per heavy atom. The number of esters is 1. The van der Waals surface area contributed by atoms with Crippen LogP contribution >= 0.6 is 0 Å². The SMILES string of the molecule is CNC(=O)c1cc(NC2=C(C(=O)OC)CN(CCO)C2=O)cc(C(=O)NC)c1. The Morgan fingerprint density at radius 3 is 2.14 bits per heavy atom. The number of amides is 3. The fraction of sp³-hybridized carbons (Fsp3) is 0.333. The van der Waals surface area contributed by atoms with Gasteiger partial charge in [-0.1, -0.05) is 0 Å². The average molecular weight is 390 g/mol. The highest BCUT2D eigenvalue weighted by Crippen LogP contribution is 2.24. The number of anilines is 1. The van der Waals surface area contributed by atoms with Gasteiger partial charge in [-0.25, -0.2) is 4.79 Å². The molecule has 0 fully saturated rings. The Balaban J connectivity index is 2.48. The van der Waals surface area contributed by atoms with Crippen LogP contribution in [0.1, 0.15) is 20.7 Å². The molecule has 4 N–H and O–H groups in total. The Bertz CT molecular complexity index is 814. The number of carbonyl (C=O) groups excluding carboxylic acids is 4. The lowest BCUT2D eigenvalue weighted by atomic mass is 10.1. The predicted molar refractivity (Wildman–Crippen MR) is 99.6 cm³/mol. The van der Waals surface area contributed by atoms with Crippen LogP contribution in [0.25, 0.3) is 0 Å². The second kappa shape index (κ2) is 9.00. The number of benzene rings is 1. The van der Waals surface area contributed by atoms with E-state index in [-0.39, 0.29) is 47.8 Å². The molecule has 1 aromatic rings. The third kappa shape index (κ3) is 4.29. The van der Waals surface area contributed by atoms with Gasteiger partial charge in [0, 0.05) is 37.5 Å². The van der Waals surface area contributed by atoms with E-state index in [4.69, 9.17) is 9.84 Å². The summed E-state index contributed by atoms with van der Waals surface area (Å²) < 4.78 is 4.73. The highest BCUT2D eigenvalue weighted by Gasteiger charge is 2.34. The van der Waals surface area contributed by atoms with Crippen molar-refractivity contribution in [3.05, 3.63) is 40.6 Å². The van der Waals surface area contributed by atoms with E-state index < -0.39 is 23.7 Å². The normalized spacial score (nSPS) is 13.4. The molecule has 0 bridgehead atoms. The van der Waals surface area contributed by atoms with Crippen molar-refractivity contribution in [1.29, 1.82) is 0 Å². The minimum absolute atomic E-state index is 0.0220. The third-order valence-electron chi connectivity index (χ3n) is 4.13. The first-order valence-corrected chi connectivity index (χ1v) is 8.44. The molecule has 0 saturated heterocycles. The monoisotopic (exact) mass is 390 g/mol. The minimum Gasteiger partial charge on any atom is -0.466 e. The highest BCUT2D eigenvalue weighted by molar-refractivity contribution is 6.09. The first-order valence-electron chi connectivity index (χ1n) is 8.44. The number of β-amino-alcohol motifs (C(OH)–C–C–N with tert-alkyl or cyclic N) is 1. The molecule has 1 aliphatic rings. The van der Waals surface area contributed by atoms with Crippen LogP contribution in [0.2, 0.25) is 0 Å². The molecule has 0 spiro atoms. The van der Waals surface area contributed by atoms with Crippen LogP contribution in [-0.2, 0) is 14.3 Å². The number of aliphatic hydroxyl groups excluding tert-OH is 1. The molecule has 2 rings (SSSR count). The number of hydrogen-bond acceptors (Lipinski definition) is 7. The fourth-order valence-electron chi connectivity index (χ4n) is 2.74. The first kappa shape index (κ1) is 20.9. The van der Waals surface area contributed by atoms with Crippen molar-refractivity contribution in [1.82, 2.24) is 15.5 Å². The summed E-state index contributed by atoms with van der Waals surface area (Å²) in [4.78, 5) is 50.0. The molecular weight excluding hydrogens is 368 g/mol. The average Bonchev–Trinajstić information content (AvgIpc) is 3.01. The van der Waals surface area contributed by atoms with Crippen molar-refractivity contribution in [2.75, 3.05) is 46.2 Å². The molecule has 150 valence electrons. The standard InChI is InChI=1S/C18H22N4O6/c1-19-15(24)10-6-11(16(25)20-2)8-12(7-10)21-14-13(18(27)28-3)9-22(4-5-23)17(14)26/h6-8,21,23H,4-5,9H2,1-3H3,(H,19,24)(H,20,25). The van der Waals surface area contributed by atoms with Gasteiger partial charge in [0.1, 0.15) is 5.70 Å². The Kier molecular flexibility index (Phi) is 6.72. The highest BCUT2D eigenvalue weighted by atomic mass is 16.5. The molecule has 1 aliphatic heterocycles. The summed E-state index contributed by atoms with van der Waals surface area (Å²) in [7, 11) is 4.10. The van der Waals surface area contributed by atoms with Gasteiger partial charge in [0.2, 0.25) is 0 Å². The van der Waals surface area contributed by atoms with Gasteiger partial charge in [0.05, 0.1) is 25.8 Å². The summed E-state index contributed by atoms with van der Waals surface area (Å²) >= 11 is 0. The summed E-state index contributed by atoms with van der Waals surface area (Å²) in [6.07, 6.45) is 0. The molecule has 0 unspecified atom stereocenters. The topological polar surface area (TPSA) is 137 Å². The Labute approximate surface area is 161 Å². The van der Waals surface area contributed by atoms with Crippen molar-refractivity contribution in [2.24, 2.45) is 0 Å². The van der Waals surface area contributed by atoms with E-state index in [2.05, 4.69) is 16.0 Å². The molecule has 0 atom stereocenters. The van der Waals surface area contributed by atoms with Gasteiger partial charge in [-0.2, -0.15) is 0 Å². The Hall–Kier alpha value is -3.40. The lowest BCUT2D eigenvalue weighted by Gasteiger charge is -2.15. The molecule has 0 radical (unpaired) electrons. The van der Waals surface area contributed by atoms with Gasteiger partial charge in [-0.3, -0.25) is 14.4 Å². The largest absolute Gasteiger partial charge is 0.466 e. The maximum Gasteiger partial charge on any atom is 0.337 e. The minimum atomic E-state index is -0.690. The Morgan fingerprint density at radius 1 is 1.11 bits per heavy atom. The van der Waals surface area contributed by atoms with Crippen molar-refractivity contribution in [2.45, 2.75) is 0 Å². The van der Waals surface area contributed by atoms with Crippen LogP contribution in [0, 0.1) is 0 Å². The summed E-state index contributed by atoms with van der Waals surface area (Å²) in [6.45, 7) is -0.238. The zero-order chi connectivity index (χ0) is 20.8. The number of nitrogens with zero attached hydrogens (tertiary/aromatic N) is 1. The number of ether oxygens (including phenoxy) is 1. The number of nitrogens with one attached hydrogen (secondary N) is 3. The van der Waals surface area contributed by atoms with Crippen molar-refractivity contribution in [3.8, 4) is 0 Å². The molecule has 1 aromatic carbocycles. The number of aliphatic hydroxyl groups is 1. The maximum absolute atomic E-state index is 12.6. The van der Waals surface area contributed by atoms with Gasteiger partial charge in [0.15, 0.2) is 0 Å². The van der Waals surface area contributed by atoms with E-state index >= 15 is 0 Å². The van der Waals surface area contributed by atoms with Crippen molar-refractivity contribution in [3.63, 3.8) is 0 Å². The summed E-state index contributed by atoms with van der Waals surface area (Å²) in [5.74, 6) is -2.03. The van der Waals surface area contributed by atoms with Crippen LogP contribution in [0.3, 0.4) is 0 Å². The van der Waals surface area contributed by atoms with Crippen LogP contribution in [0.15, 0.2) is 29.5 Å². The maximum atomic E-state index is 12.6. The lowest BCUT2D eigenvalue weighted by molar-refractivity contribution is -0.136. The van der Waals surface area contributed by atoms with Gasteiger partial charge >= 0.3 is 5.97 Å². The summed E-state index contributed by atoms with van der Waals surface area (Å²) in [6, 6.07) is 4.32. The molecule has 0 aliphatic carbocycles. The molecule has 10 heteroatoms. The molecule has 28 heavy (non-hydrogen) atoms. The number of rotatable bonds is 7. The molecule has 0 saturated carbocycles. The van der Waals surface area contributed by atoms with E-state index in [0.29, 0.717) is 0 Å². The quantitative estimate of drug-likeness (QED) is 0.442. The molecular formula is C18H22N4O6. The number of carbonyl (C=O) groups is 4. The first-order chi connectivity index (χ1) is 13.4. The summed E-state index contributed by atoms with van der Waals surface area (Å²) in [5.41, 5.74) is 0.730. The third-order valence-corrected chi connectivity index (χ3v) is 4.13. The van der Waals surface area contributed by atoms with Crippen LogP contribution < -0.4 is 16.0 Å². The molecule has 10 nitrogen and oxygen atoms in total. The van der Waals surface area contributed by atoms with Crippen molar-refractivity contribution >= 4 is 29.4 Å². The van der Waals surface area contributed by atoms with Crippen molar-refractivity contribution < 1.29 is 29.0 Å². The molecule has 0 aromatic heterocycles. The predicted octanol–water partition coefficient (Wildman–Crippen LogP) is -0.921. The molecule has 3 amide bonds. The van der Waals surface area contributed by atoms with E-state index in [1.54, 1.807) is 0 Å². The van der Waals surface area contributed by atoms with E-state index in [1.807, 2.05) is 0 Å². The number of methoxy groups -OCH3 is 1. The zero-order valence-electron chi connectivity index (χ0n) is 15.8. The second-order valence-electron chi connectivity index (χ2n) is 5.88.